The maximum atomic E-state index is 11.2. The normalized spacial score (nSPS) is 18.5. The van der Waals surface area contributed by atoms with E-state index in [1.165, 1.54) is 0 Å². The number of thiocarbonyl (C=S) groups is 1. The fourth-order valence-corrected chi connectivity index (χ4v) is 1.55. The Balaban J connectivity index is 2.27. The highest BCUT2D eigenvalue weighted by Crippen LogP contribution is 2.16. The maximum Gasteiger partial charge on any atom is 0.274 e. The Kier molecular flexibility index (Phi) is 2.39. The molecule has 1 aromatic heterocycles. The van der Waals surface area contributed by atoms with Crippen LogP contribution < -0.4 is 10.6 Å². The van der Waals surface area contributed by atoms with E-state index in [4.69, 9.17) is 16.6 Å². The van der Waals surface area contributed by atoms with Gasteiger partial charge in [0, 0.05) is 6.08 Å². The van der Waals surface area contributed by atoms with Crippen LogP contribution in [0.1, 0.15) is 5.76 Å². The second-order valence-corrected chi connectivity index (χ2v) is 3.80. The van der Waals surface area contributed by atoms with Gasteiger partial charge in [-0.05, 0) is 40.3 Å². The van der Waals surface area contributed by atoms with Crippen molar-refractivity contribution >= 4 is 45.2 Å². The van der Waals surface area contributed by atoms with Crippen LogP contribution >= 0.6 is 28.1 Å². The van der Waals surface area contributed by atoms with E-state index in [0.717, 1.165) is 0 Å². The molecule has 0 atom stereocenters. The first kappa shape index (κ1) is 9.42. The van der Waals surface area contributed by atoms with Crippen molar-refractivity contribution in [2.24, 2.45) is 0 Å². The highest BCUT2D eigenvalue weighted by atomic mass is 79.9. The van der Waals surface area contributed by atoms with Crippen molar-refractivity contribution in [3.05, 3.63) is 28.3 Å². The van der Waals surface area contributed by atoms with E-state index in [1.807, 2.05) is 0 Å². The maximum absolute atomic E-state index is 11.2. The highest BCUT2D eigenvalue weighted by molar-refractivity contribution is 9.10. The van der Waals surface area contributed by atoms with Gasteiger partial charge in [-0.1, -0.05) is 0 Å². The summed E-state index contributed by atoms with van der Waals surface area (Å²) < 4.78 is 5.82. The standard InChI is InChI=1S/C8H5BrN2O2S/c9-6-2-1-4(13-6)3-5-7(12)11-8(14)10-5/h1-3H,(H2,10,11,12,14)/b5-3+. The van der Waals surface area contributed by atoms with Crippen molar-refractivity contribution in [1.82, 2.24) is 10.6 Å². The van der Waals surface area contributed by atoms with Crippen LogP contribution in [-0.2, 0) is 4.79 Å². The molecule has 2 heterocycles. The van der Waals surface area contributed by atoms with E-state index in [-0.39, 0.29) is 5.91 Å². The Morgan fingerprint density at radius 1 is 1.43 bits per heavy atom. The minimum atomic E-state index is -0.248. The van der Waals surface area contributed by atoms with E-state index in [9.17, 15) is 4.79 Å². The number of carbonyl (C=O) groups is 1. The Hall–Kier alpha value is -1.14. The zero-order valence-electron chi connectivity index (χ0n) is 6.83. The SMILES string of the molecule is O=C1NC(=S)N/C1=C/c1ccc(Br)o1. The number of furan rings is 1. The van der Waals surface area contributed by atoms with Crippen molar-refractivity contribution in [2.75, 3.05) is 0 Å². The van der Waals surface area contributed by atoms with Crippen LogP contribution in [0.25, 0.3) is 6.08 Å². The van der Waals surface area contributed by atoms with Gasteiger partial charge in [-0.25, -0.2) is 0 Å². The van der Waals surface area contributed by atoms with Gasteiger partial charge in [-0.3, -0.25) is 10.1 Å². The lowest BCUT2D eigenvalue weighted by atomic mass is 10.3. The van der Waals surface area contributed by atoms with Crippen molar-refractivity contribution in [3.8, 4) is 0 Å². The third kappa shape index (κ3) is 1.85. The summed E-state index contributed by atoms with van der Waals surface area (Å²) in [6, 6.07) is 3.49. The zero-order chi connectivity index (χ0) is 10.1. The van der Waals surface area contributed by atoms with Gasteiger partial charge in [0.1, 0.15) is 11.5 Å². The van der Waals surface area contributed by atoms with E-state index in [2.05, 4.69) is 26.6 Å². The van der Waals surface area contributed by atoms with Crippen LogP contribution in [0.5, 0.6) is 0 Å². The van der Waals surface area contributed by atoms with Crippen LogP contribution in [0.15, 0.2) is 26.9 Å². The molecule has 6 heteroatoms. The van der Waals surface area contributed by atoms with Crippen LogP contribution in [0, 0.1) is 0 Å². The quantitative estimate of drug-likeness (QED) is 0.599. The van der Waals surface area contributed by atoms with Gasteiger partial charge >= 0.3 is 0 Å². The third-order valence-corrected chi connectivity index (χ3v) is 2.23. The molecule has 1 aliphatic heterocycles. The summed E-state index contributed by atoms with van der Waals surface area (Å²) in [5, 5.41) is 5.48. The number of amides is 1. The minimum absolute atomic E-state index is 0.248. The summed E-state index contributed by atoms with van der Waals surface area (Å²) in [6.07, 6.45) is 1.58. The predicted octanol–water partition coefficient (Wildman–Crippen LogP) is 1.39. The van der Waals surface area contributed by atoms with Gasteiger partial charge in [0.15, 0.2) is 9.78 Å². The molecule has 1 saturated heterocycles. The van der Waals surface area contributed by atoms with Gasteiger partial charge in [-0.2, -0.15) is 0 Å². The molecule has 0 aliphatic carbocycles. The average molecular weight is 273 g/mol. The molecule has 0 unspecified atom stereocenters. The molecule has 1 fully saturated rings. The van der Waals surface area contributed by atoms with Gasteiger partial charge in [0.05, 0.1) is 0 Å². The van der Waals surface area contributed by atoms with Crippen LogP contribution in [0.3, 0.4) is 0 Å². The van der Waals surface area contributed by atoms with Crippen LogP contribution in [0.2, 0.25) is 0 Å². The highest BCUT2D eigenvalue weighted by Gasteiger charge is 2.20. The van der Waals surface area contributed by atoms with Gasteiger partial charge in [-0.15, -0.1) is 0 Å². The van der Waals surface area contributed by atoms with E-state index in [1.54, 1.807) is 18.2 Å². The van der Waals surface area contributed by atoms with Gasteiger partial charge in [0.2, 0.25) is 0 Å². The first-order valence-electron chi connectivity index (χ1n) is 3.74. The van der Waals surface area contributed by atoms with Crippen molar-refractivity contribution in [2.45, 2.75) is 0 Å². The second kappa shape index (κ2) is 3.55. The molecule has 2 N–H and O–H groups in total. The fraction of sp³-hybridized carbons (Fsp3) is 0. The molecule has 14 heavy (non-hydrogen) atoms. The lowest BCUT2D eigenvalue weighted by molar-refractivity contribution is -0.115. The Labute approximate surface area is 93.5 Å². The van der Waals surface area contributed by atoms with E-state index in [0.29, 0.717) is 21.2 Å². The predicted molar refractivity (Wildman–Crippen MR) is 58.3 cm³/mol. The summed E-state index contributed by atoms with van der Waals surface area (Å²) in [6.45, 7) is 0. The summed E-state index contributed by atoms with van der Waals surface area (Å²) in [7, 11) is 0. The van der Waals surface area contributed by atoms with Crippen molar-refractivity contribution < 1.29 is 9.21 Å². The summed E-state index contributed by atoms with van der Waals surface area (Å²) in [4.78, 5) is 11.2. The fourth-order valence-electron chi connectivity index (χ4n) is 1.03. The van der Waals surface area contributed by atoms with Gasteiger partial charge < -0.3 is 9.73 Å². The number of hydrogen-bond donors (Lipinski definition) is 2. The lowest BCUT2D eigenvalue weighted by Gasteiger charge is -1.91. The average Bonchev–Trinajstić information content (AvgIpc) is 2.61. The van der Waals surface area contributed by atoms with Crippen molar-refractivity contribution in [3.63, 3.8) is 0 Å². The monoisotopic (exact) mass is 272 g/mol. The topological polar surface area (TPSA) is 54.3 Å². The lowest BCUT2D eigenvalue weighted by Crippen LogP contribution is -2.21. The molecule has 0 aromatic carbocycles. The molecule has 0 saturated carbocycles. The number of nitrogens with one attached hydrogen (secondary N) is 2. The molecule has 0 radical (unpaired) electrons. The van der Waals surface area contributed by atoms with Crippen molar-refractivity contribution in [1.29, 1.82) is 0 Å². The zero-order valence-corrected chi connectivity index (χ0v) is 9.24. The molecule has 72 valence electrons. The molecular formula is C8H5BrN2O2S. The summed E-state index contributed by atoms with van der Waals surface area (Å²) in [5.74, 6) is 0.335. The molecule has 1 aromatic rings. The Morgan fingerprint density at radius 3 is 2.71 bits per heavy atom. The third-order valence-electron chi connectivity index (χ3n) is 1.60. The Bertz CT molecular complexity index is 438. The second-order valence-electron chi connectivity index (χ2n) is 2.61. The molecule has 0 spiro atoms. The number of halogens is 1. The van der Waals surface area contributed by atoms with Crippen LogP contribution in [-0.4, -0.2) is 11.0 Å². The molecule has 1 amide bonds. The molecular weight excluding hydrogens is 268 g/mol. The first-order valence-corrected chi connectivity index (χ1v) is 4.94. The van der Waals surface area contributed by atoms with E-state index >= 15 is 0 Å². The molecule has 0 bridgehead atoms. The van der Waals surface area contributed by atoms with E-state index < -0.39 is 0 Å². The first-order chi connectivity index (χ1) is 6.65. The minimum Gasteiger partial charge on any atom is -0.450 e. The number of rotatable bonds is 1. The number of carbonyl (C=O) groups excluding carboxylic acids is 1. The van der Waals surface area contributed by atoms with Crippen LogP contribution in [0.4, 0.5) is 0 Å². The Morgan fingerprint density at radius 2 is 2.21 bits per heavy atom. The molecule has 1 aliphatic rings. The largest absolute Gasteiger partial charge is 0.450 e. The molecule has 4 nitrogen and oxygen atoms in total. The molecule has 2 rings (SSSR count). The van der Waals surface area contributed by atoms with Gasteiger partial charge in [0.25, 0.3) is 5.91 Å². The summed E-state index contributed by atoms with van der Waals surface area (Å²) in [5.41, 5.74) is 0.386. The summed E-state index contributed by atoms with van der Waals surface area (Å²) >= 11 is 7.94. The number of hydrogen-bond acceptors (Lipinski definition) is 3. The smallest absolute Gasteiger partial charge is 0.274 e.